The Hall–Kier alpha value is -1.38. The van der Waals surface area contributed by atoms with E-state index in [1.807, 2.05) is 16.8 Å². The summed E-state index contributed by atoms with van der Waals surface area (Å²) < 4.78 is 3.30. The molecule has 1 heterocycles. The minimum absolute atomic E-state index is 0.618. The fourth-order valence-corrected chi connectivity index (χ4v) is 2.08. The van der Waals surface area contributed by atoms with Crippen molar-refractivity contribution < 1.29 is 0 Å². The molecule has 0 amide bonds. The number of hydrogen-bond donors (Lipinski definition) is 1. The summed E-state index contributed by atoms with van der Waals surface area (Å²) in [5, 5.41) is 8.73. The zero-order chi connectivity index (χ0) is 10.8. The standard InChI is InChI=1S/C10H6BrN3S/c11-8-5-7(6-12)1-2-9(8)14-4-3-13-10(14)15/h1-5H,(H,13,15). The average molecular weight is 280 g/mol. The van der Waals surface area contributed by atoms with E-state index in [9.17, 15) is 0 Å². The third-order valence-corrected chi connectivity index (χ3v) is 2.94. The lowest BCUT2D eigenvalue weighted by Crippen LogP contribution is -1.93. The summed E-state index contributed by atoms with van der Waals surface area (Å²) in [6.45, 7) is 0. The van der Waals surface area contributed by atoms with Gasteiger partial charge in [0.15, 0.2) is 4.77 Å². The molecule has 0 unspecified atom stereocenters. The van der Waals surface area contributed by atoms with Crippen LogP contribution in [0.2, 0.25) is 0 Å². The Morgan fingerprint density at radius 1 is 1.47 bits per heavy atom. The Labute approximate surface area is 100 Å². The van der Waals surface area contributed by atoms with Crippen LogP contribution < -0.4 is 0 Å². The monoisotopic (exact) mass is 279 g/mol. The van der Waals surface area contributed by atoms with Gasteiger partial charge >= 0.3 is 0 Å². The van der Waals surface area contributed by atoms with Crippen LogP contribution in [0.4, 0.5) is 0 Å². The molecule has 0 aliphatic carbocycles. The molecule has 0 atom stereocenters. The van der Waals surface area contributed by atoms with Crippen molar-refractivity contribution in [3.8, 4) is 11.8 Å². The maximum Gasteiger partial charge on any atom is 0.181 e. The van der Waals surface area contributed by atoms with E-state index in [0.29, 0.717) is 10.3 Å². The first kappa shape index (κ1) is 10.1. The average Bonchev–Trinajstić information content (AvgIpc) is 2.64. The topological polar surface area (TPSA) is 44.5 Å². The molecule has 2 aromatic rings. The van der Waals surface area contributed by atoms with Gasteiger partial charge in [0, 0.05) is 16.9 Å². The van der Waals surface area contributed by atoms with Crippen molar-refractivity contribution in [1.82, 2.24) is 9.55 Å². The Morgan fingerprint density at radius 2 is 2.27 bits per heavy atom. The molecule has 0 bridgehead atoms. The van der Waals surface area contributed by atoms with Crippen LogP contribution >= 0.6 is 28.1 Å². The Kier molecular flexibility index (Phi) is 2.71. The molecule has 0 saturated carbocycles. The first-order valence-corrected chi connectivity index (χ1v) is 5.38. The summed E-state index contributed by atoms with van der Waals surface area (Å²) in [7, 11) is 0. The van der Waals surface area contributed by atoms with E-state index < -0.39 is 0 Å². The summed E-state index contributed by atoms with van der Waals surface area (Å²) in [5.41, 5.74) is 1.54. The van der Waals surface area contributed by atoms with Crippen LogP contribution in [0.3, 0.4) is 0 Å². The predicted octanol–water partition coefficient (Wildman–Crippen LogP) is 3.17. The van der Waals surface area contributed by atoms with E-state index in [1.165, 1.54) is 0 Å². The van der Waals surface area contributed by atoms with Crippen LogP contribution in [0.1, 0.15) is 5.56 Å². The fraction of sp³-hybridized carbons (Fsp3) is 0. The van der Waals surface area contributed by atoms with Crippen molar-refractivity contribution in [2.45, 2.75) is 0 Å². The lowest BCUT2D eigenvalue weighted by Gasteiger charge is -2.04. The number of benzene rings is 1. The summed E-state index contributed by atoms with van der Waals surface area (Å²) in [5.74, 6) is 0. The number of aromatic nitrogens is 2. The highest BCUT2D eigenvalue weighted by atomic mass is 79.9. The van der Waals surface area contributed by atoms with Crippen molar-refractivity contribution >= 4 is 28.1 Å². The molecule has 5 heteroatoms. The van der Waals surface area contributed by atoms with E-state index >= 15 is 0 Å². The minimum atomic E-state index is 0.618. The molecule has 74 valence electrons. The van der Waals surface area contributed by atoms with Gasteiger partial charge in [0.1, 0.15) is 0 Å². The molecular weight excluding hydrogens is 274 g/mol. The lowest BCUT2D eigenvalue weighted by atomic mass is 10.2. The van der Waals surface area contributed by atoms with Gasteiger partial charge in [-0.05, 0) is 46.3 Å². The Balaban J connectivity index is 2.61. The quantitative estimate of drug-likeness (QED) is 0.815. The fourth-order valence-electron chi connectivity index (χ4n) is 1.28. The summed E-state index contributed by atoms with van der Waals surface area (Å²) in [6.07, 6.45) is 3.61. The van der Waals surface area contributed by atoms with Crippen LogP contribution in [-0.4, -0.2) is 9.55 Å². The molecule has 3 nitrogen and oxygen atoms in total. The predicted molar refractivity (Wildman–Crippen MR) is 63.4 cm³/mol. The molecule has 0 saturated heterocycles. The molecule has 1 N–H and O–H groups in total. The second-order valence-electron chi connectivity index (χ2n) is 2.91. The molecular formula is C10H6BrN3S. The van der Waals surface area contributed by atoms with E-state index in [-0.39, 0.29) is 0 Å². The molecule has 0 fully saturated rings. The number of hydrogen-bond acceptors (Lipinski definition) is 2. The maximum absolute atomic E-state index is 8.73. The third-order valence-electron chi connectivity index (χ3n) is 1.99. The first-order valence-electron chi connectivity index (χ1n) is 4.18. The number of halogens is 1. The molecule has 1 aromatic carbocycles. The highest BCUT2D eigenvalue weighted by Gasteiger charge is 2.03. The molecule has 0 spiro atoms. The van der Waals surface area contributed by atoms with Crippen molar-refractivity contribution in [1.29, 1.82) is 5.26 Å². The minimum Gasteiger partial charge on any atom is -0.337 e. The Morgan fingerprint density at radius 3 is 2.80 bits per heavy atom. The van der Waals surface area contributed by atoms with Crippen molar-refractivity contribution in [3.63, 3.8) is 0 Å². The zero-order valence-electron chi connectivity index (χ0n) is 7.57. The van der Waals surface area contributed by atoms with E-state index in [4.69, 9.17) is 17.5 Å². The van der Waals surface area contributed by atoms with Crippen LogP contribution in [-0.2, 0) is 0 Å². The number of rotatable bonds is 1. The van der Waals surface area contributed by atoms with Crippen LogP contribution in [0.25, 0.3) is 5.69 Å². The largest absolute Gasteiger partial charge is 0.337 e. The SMILES string of the molecule is N#Cc1ccc(-n2cc[nH]c2=S)c(Br)c1. The van der Waals surface area contributed by atoms with Crippen molar-refractivity contribution in [2.75, 3.05) is 0 Å². The van der Waals surface area contributed by atoms with Gasteiger partial charge in [0.25, 0.3) is 0 Å². The number of nitrogens with one attached hydrogen (secondary N) is 1. The van der Waals surface area contributed by atoms with Gasteiger partial charge in [-0.25, -0.2) is 0 Å². The van der Waals surface area contributed by atoms with Crippen LogP contribution in [0.5, 0.6) is 0 Å². The zero-order valence-corrected chi connectivity index (χ0v) is 9.97. The first-order chi connectivity index (χ1) is 7.22. The lowest BCUT2D eigenvalue weighted by molar-refractivity contribution is 1.02. The third kappa shape index (κ3) is 1.87. The number of aromatic amines is 1. The highest BCUT2D eigenvalue weighted by Crippen LogP contribution is 2.22. The van der Waals surface area contributed by atoms with Crippen molar-refractivity contribution in [3.05, 3.63) is 45.4 Å². The maximum atomic E-state index is 8.73. The van der Waals surface area contributed by atoms with E-state index in [2.05, 4.69) is 27.0 Å². The number of H-pyrrole nitrogens is 1. The van der Waals surface area contributed by atoms with E-state index in [1.54, 1.807) is 18.3 Å². The molecule has 0 aliphatic rings. The van der Waals surface area contributed by atoms with Gasteiger partial charge in [-0.3, -0.25) is 4.57 Å². The molecule has 1 aromatic heterocycles. The van der Waals surface area contributed by atoms with Gasteiger partial charge in [-0.2, -0.15) is 5.26 Å². The normalized spacial score (nSPS) is 9.87. The van der Waals surface area contributed by atoms with Gasteiger partial charge in [0.2, 0.25) is 0 Å². The highest BCUT2D eigenvalue weighted by molar-refractivity contribution is 9.10. The summed E-state index contributed by atoms with van der Waals surface area (Å²) >= 11 is 8.52. The molecule has 2 rings (SSSR count). The smallest absolute Gasteiger partial charge is 0.181 e. The number of nitriles is 1. The van der Waals surface area contributed by atoms with Gasteiger partial charge in [0.05, 0.1) is 17.3 Å². The van der Waals surface area contributed by atoms with Gasteiger partial charge in [-0.1, -0.05) is 0 Å². The van der Waals surface area contributed by atoms with Gasteiger partial charge in [-0.15, -0.1) is 0 Å². The summed E-state index contributed by atoms with van der Waals surface area (Å²) in [6, 6.07) is 7.46. The molecule has 15 heavy (non-hydrogen) atoms. The van der Waals surface area contributed by atoms with Crippen LogP contribution in [0, 0.1) is 16.1 Å². The number of nitrogens with zero attached hydrogens (tertiary/aromatic N) is 2. The summed E-state index contributed by atoms with van der Waals surface area (Å²) in [4.78, 5) is 2.91. The molecule has 0 radical (unpaired) electrons. The van der Waals surface area contributed by atoms with Crippen LogP contribution in [0.15, 0.2) is 35.1 Å². The number of imidazole rings is 1. The second kappa shape index (κ2) is 4.01. The molecule has 0 aliphatic heterocycles. The van der Waals surface area contributed by atoms with Crippen molar-refractivity contribution in [2.24, 2.45) is 0 Å². The van der Waals surface area contributed by atoms with E-state index in [0.717, 1.165) is 10.2 Å². The van der Waals surface area contributed by atoms with Gasteiger partial charge < -0.3 is 4.98 Å². The second-order valence-corrected chi connectivity index (χ2v) is 4.15. The Bertz CT molecular complexity index is 591.